The van der Waals surface area contributed by atoms with Crippen LogP contribution in [0.15, 0.2) is 54.9 Å². The van der Waals surface area contributed by atoms with E-state index in [-0.39, 0.29) is 10.9 Å². The number of nitrogens with one attached hydrogen (secondary N) is 1. The van der Waals surface area contributed by atoms with E-state index in [1.807, 2.05) is 47.9 Å². The predicted molar refractivity (Wildman–Crippen MR) is 103 cm³/mol. The molecule has 0 fully saturated rings. The third kappa shape index (κ3) is 3.24. The van der Waals surface area contributed by atoms with Crippen molar-refractivity contribution in [3.05, 3.63) is 65.6 Å². The maximum atomic E-state index is 12.2. The van der Waals surface area contributed by atoms with E-state index in [1.54, 1.807) is 19.2 Å². The number of carbonyl (C=O) groups is 1. The lowest BCUT2D eigenvalue weighted by atomic mass is 10.1. The number of ether oxygens (including phenoxy) is 1. The molecule has 0 aliphatic carbocycles. The van der Waals surface area contributed by atoms with E-state index >= 15 is 0 Å². The number of benzene rings is 1. The lowest BCUT2D eigenvalue weighted by Crippen LogP contribution is -2.18. The Morgan fingerprint density at radius 3 is 2.70 bits per heavy atom. The molecule has 0 spiro atoms. The number of pyridine rings is 1. The highest BCUT2D eigenvalue weighted by atomic mass is 35.5. The van der Waals surface area contributed by atoms with Gasteiger partial charge in [0.25, 0.3) is 0 Å². The minimum atomic E-state index is -0.656. The molecule has 0 atom stereocenters. The van der Waals surface area contributed by atoms with E-state index in [2.05, 4.69) is 10.4 Å². The topological polar surface area (TPSA) is 73.4 Å². The standard InChI is InChI=1S/C19H16ClN5O2/c1-12-17(13-6-4-3-5-7-13)23-16-10-14(8-9-25(12)16)22-19(26)27-18-15(20)11-21-24(18)2/h3-11H,1-2H3,(H,22,26). The number of nitrogens with zero attached hydrogens (tertiary/aromatic N) is 4. The highest BCUT2D eigenvalue weighted by Crippen LogP contribution is 2.26. The Balaban J connectivity index is 1.59. The molecule has 1 N–H and O–H groups in total. The summed E-state index contributed by atoms with van der Waals surface area (Å²) in [5.74, 6) is 0.179. The minimum absolute atomic E-state index is 0.179. The SMILES string of the molecule is Cc1c(-c2ccccc2)nc2cc(NC(=O)Oc3c(Cl)cnn3C)ccn12. The molecule has 8 heteroatoms. The first-order valence-corrected chi connectivity index (χ1v) is 8.61. The van der Waals surface area contributed by atoms with Crippen LogP contribution in [0.25, 0.3) is 16.9 Å². The van der Waals surface area contributed by atoms with Gasteiger partial charge in [-0.25, -0.2) is 14.5 Å². The summed E-state index contributed by atoms with van der Waals surface area (Å²) in [6.45, 7) is 2.01. The minimum Gasteiger partial charge on any atom is -0.390 e. The molecule has 0 unspecified atom stereocenters. The fraction of sp³-hybridized carbons (Fsp3) is 0.105. The van der Waals surface area contributed by atoms with Crippen LogP contribution in [0.5, 0.6) is 5.88 Å². The molecule has 0 bridgehead atoms. The average molecular weight is 382 g/mol. The van der Waals surface area contributed by atoms with Crippen molar-refractivity contribution in [2.24, 2.45) is 7.05 Å². The second-order valence-corrected chi connectivity index (χ2v) is 6.40. The van der Waals surface area contributed by atoms with Gasteiger partial charge in [-0.3, -0.25) is 5.32 Å². The van der Waals surface area contributed by atoms with Crippen molar-refractivity contribution in [1.82, 2.24) is 19.2 Å². The zero-order chi connectivity index (χ0) is 19.0. The zero-order valence-electron chi connectivity index (χ0n) is 14.7. The number of hydrogen-bond acceptors (Lipinski definition) is 4. The summed E-state index contributed by atoms with van der Waals surface area (Å²) in [5.41, 5.74) is 4.25. The van der Waals surface area contributed by atoms with Crippen LogP contribution in [0.4, 0.5) is 10.5 Å². The molecule has 7 nitrogen and oxygen atoms in total. The number of aryl methyl sites for hydroxylation is 2. The van der Waals surface area contributed by atoms with Crippen LogP contribution in [-0.4, -0.2) is 25.3 Å². The third-order valence-corrected chi connectivity index (χ3v) is 4.45. The number of fused-ring (bicyclic) bond motifs is 1. The Kier molecular flexibility index (Phi) is 4.29. The fourth-order valence-electron chi connectivity index (χ4n) is 2.86. The van der Waals surface area contributed by atoms with Gasteiger partial charge in [0.15, 0.2) is 0 Å². The van der Waals surface area contributed by atoms with Crippen LogP contribution >= 0.6 is 11.6 Å². The van der Waals surface area contributed by atoms with Gasteiger partial charge in [-0.05, 0) is 13.0 Å². The largest absolute Gasteiger partial charge is 0.418 e. The van der Waals surface area contributed by atoms with Gasteiger partial charge in [-0.15, -0.1) is 0 Å². The second-order valence-electron chi connectivity index (χ2n) is 5.99. The van der Waals surface area contributed by atoms with E-state index < -0.39 is 6.09 Å². The molecule has 0 saturated carbocycles. The molecule has 0 radical (unpaired) electrons. The molecule has 4 rings (SSSR count). The van der Waals surface area contributed by atoms with Gasteiger partial charge in [0.05, 0.1) is 11.9 Å². The second kappa shape index (κ2) is 6.77. The highest BCUT2D eigenvalue weighted by Gasteiger charge is 2.14. The van der Waals surface area contributed by atoms with Crippen molar-refractivity contribution in [2.75, 3.05) is 5.32 Å². The van der Waals surface area contributed by atoms with E-state index in [1.165, 1.54) is 10.9 Å². The fourth-order valence-corrected chi connectivity index (χ4v) is 3.06. The highest BCUT2D eigenvalue weighted by molar-refractivity contribution is 6.31. The first kappa shape index (κ1) is 17.1. The molecule has 3 heterocycles. The Labute approximate surface area is 160 Å². The number of amides is 1. The molecule has 136 valence electrons. The van der Waals surface area contributed by atoms with Crippen molar-refractivity contribution < 1.29 is 9.53 Å². The molecular formula is C19H16ClN5O2. The van der Waals surface area contributed by atoms with Crippen molar-refractivity contribution in [2.45, 2.75) is 6.92 Å². The van der Waals surface area contributed by atoms with E-state index in [4.69, 9.17) is 21.3 Å². The lowest BCUT2D eigenvalue weighted by Gasteiger charge is -2.07. The Hall–Kier alpha value is -3.32. The van der Waals surface area contributed by atoms with Crippen LogP contribution in [-0.2, 0) is 7.05 Å². The monoisotopic (exact) mass is 381 g/mol. The quantitative estimate of drug-likeness (QED) is 0.574. The van der Waals surface area contributed by atoms with E-state index in [0.29, 0.717) is 5.69 Å². The van der Waals surface area contributed by atoms with Crippen LogP contribution in [0.2, 0.25) is 5.02 Å². The molecule has 1 amide bonds. The van der Waals surface area contributed by atoms with Crippen LogP contribution < -0.4 is 10.1 Å². The first-order chi connectivity index (χ1) is 13.0. The van der Waals surface area contributed by atoms with Crippen molar-refractivity contribution in [3.63, 3.8) is 0 Å². The summed E-state index contributed by atoms with van der Waals surface area (Å²) in [6.07, 6.45) is 2.61. The van der Waals surface area contributed by atoms with Crippen LogP contribution in [0.3, 0.4) is 0 Å². The summed E-state index contributed by atoms with van der Waals surface area (Å²) in [5, 5.41) is 6.87. The van der Waals surface area contributed by atoms with Crippen molar-refractivity contribution in [1.29, 1.82) is 0 Å². The number of anilines is 1. The van der Waals surface area contributed by atoms with Gasteiger partial charge < -0.3 is 9.14 Å². The number of imidazole rings is 1. The third-order valence-electron chi connectivity index (χ3n) is 4.19. The average Bonchev–Trinajstić information content (AvgIpc) is 3.16. The number of carbonyl (C=O) groups excluding carboxylic acids is 1. The van der Waals surface area contributed by atoms with E-state index in [0.717, 1.165) is 22.6 Å². The molecule has 0 aliphatic rings. The Morgan fingerprint density at radius 1 is 1.22 bits per heavy atom. The molecule has 4 aromatic rings. The lowest BCUT2D eigenvalue weighted by molar-refractivity contribution is 0.211. The maximum Gasteiger partial charge on any atom is 0.418 e. The molecule has 0 saturated heterocycles. The molecular weight excluding hydrogens is 366 g/mol. The van der Waals surface area contributed by atoms with Crippen LogP contribution in [0.1, 0.15) is 5.69 Å². The molecule has 3 aromatic heterocycles. The normalized spacial score (nSPS) is 10.9. The summed E-state index contributed by atoms with van der Waals surface area (Å²) in [7, 11) is 1.64. The summed E-state index contributed by atoms with van der Waals surface area (Å²) in [4.78, 5) is 16.8. The molecule has 0 aliphatic heterocycles. The number of halogens is 1. The van der Waals surface area contributed by atoms with Gasteiger partial charge in [0.1, 0.15) is 10.7 Å². The van der Waals surface area contributed by atoms with Gasteiger partial charge in [0.2, 0.25) is 5.88 Å². The van der Waals surface area contributed by atoms with Crippen molar-refractivity contribution in [3.8, 4) is 17.1 Å². The smallest absolute Gasteiger partial charge is 0.390 e. The predicted octanol–water partition coefficient (Wildman–Crippen LogP) is 4.31. The Morgan fingerprint density at radius 2 is 2.00 bits per heavy atom. The van der Waals surface area contributed by atoms with E-state index in [9.17, 15) is 4.79 Å². The van der Waals surface area contributed by atoms with Gasteiger partial charge in [0, 0.05) is 36.3 Å². The summed E-state index contributed by atoms with van der Waals surface area (Å²) in [6, 6.07) is 13.5. The van der Waals surface area contributed by atoms with Crippen molar-refractivity contribution >= 4 is 29.0 Å². The first-order valence-electron chi connectivity index (χ1n) is 8.23. The van der Waals surface area contributed by atoms with Gasteiger partial charge in [-0.1, -0.05) is 41.9 Å². The number of rotatable bonds is 3. The molecule has 27 heavy (non-hydrogen) atoms. The maximum absolute atomic E-state index is 12.2. The number of hydrogen-bond donors (Lipinski definition) is 1. The van der Waals surface area contributed by atoms with Gasteiger partial charge >= 0.3 is 6.09 Å². The zero-order valence-corrected chi connectivity index (χ0v) is 15.4. The number of aromatic nitrogens is 4. The Bertz CT molecular complexity index is 1110. The summed E-state index contributed by atoms with van der Waals surface area (Å²) >= 11 is 5.95. The molecule has 1 aromatic carbocycles. The van der Waals surface area contributed by atoms with Crippen LogP contribution in [0, 0.1) is 6.92 Å². The van der Waals surface area contributed by atoms with Gasteiger partial charge in [-0.2, -0.15) is 5.10 Å². The summed E-state index contributed by atoms with van der Waals surface area (Å²) < 4.78 is 8.57.